The lowest BCUT2D eigenvalue weighted by molar-refractivity contribution is 0.0697. The molecular formula is C19H20F2N2O3S. The van der Waals surface area contributed by atoms with Gasteiger partial charge in [-0.25, -0.2) is 17.2 Å². The summed E-state index contributed by atoms with van der Waals surface area (Å²) >= 11 is 0. The van der Waals surface area contributed by atoms with E-state index in [4.69, 9.17) is 0 Å². The summed E-state index contributed by atoms with van der Waals surface area (Å²) in [5.74, 6) is -1.98. The quantitative estimate of drug-likeness (QED) is 0.804. The van der Waals surface area contributed by atoms with Gasteiger partial charge in [0.05, 0.1) is 0 Å². The third kappa shape index (κ3) is 3.86. The molecule has 0 radical (unpaired) electrons. The van der Waals surface area contributed by atoms with E-state index < -0.39 is 26.6 Å². The Hall–Kier alpha value is -2.32. The minimum Gasteiger partial charge on any atom is -0.336 e. The molecule has 1 saturated heterocycles. The molecule has 1 aliphatic rings. The lowest BCUT2D eigenvalue weighted by Gasteiger charge is -2.34. The normalized spacial score (nSPS) is 15.8. The maximum absolute atomic E-state index is 13.9. The molecule has 144 valence electrons. The van der Waals surface area contributed by atoms with E-state index in [-0.39, 0.29) is 32.1 Å². The predicted octanol–water partition coefficient (Wildman–Crippen LogP) is 2.73. The van der Waals surface area contributed by atoms with Gasteiger partial charge >= 0.3 is 0 Å². The van der Waals surface area contributed by atoms with Crippen LogP contribution in [0.4, 0.5) is 8.78 Å². The standard InChI is InChI=1S/C19H20F2N2O3S/c1-13-3-5-16(14(2)11-13)19(24)22-7-9-23(10-8-22)27(25,26)18-12-15(20)4-6-17(18)21/h3-6,11-12H,7-10H2,1-2H3. The zero-order chi connectivity index (χ0) is 19.8. The van der Waals surface area contributed by atoms with Crippen molar-refractivity contribution in [2.75, 3.05) is 26.2 Å². The monoisotopic (exact) mass is 394 g/mol. The SMILES string of the molecule is Cc1ccc(C(=O)N2CCN(S(=O)(=O)c3cc(F)ccc3F)CC2)c(C)c1. The Labute approximate surface area is 157 Å². The zero-order valence-corrected chi connectivity index (χ0v) is 15.9. The second-order valence-electron chi connectivity index (χ2n) is 6.59. The fraction of sp³-hybridized carbons (Fsp3) is 0.316. The highest BCUT2D eigenvalue weighted by Crippen LogP contribution is 2.22. The van der Waals surface area contributed by atoms with Crippen LogP contribution in [0.5, 0.6) is 0 Å². The fourth-order valence-corrected chi connectivity index (χ4v) is 4.67. The molecule has 0 spiro atoms. The minimum atomic E-state index is -4.16. The third-order valence-corrected chi connectivity index (χ3v) is 6.56. The van der Waals surface area contributed by atoms with Crippen molar-refractivity contribution in [3.63, 3.8) is 0 Å². The van der Waals surface area contributed by atoms with Crippen molar-refractivity contribution in [2.45, 2.75) is 18.7 Å². The number of carbonyl (C=O) groups is 1. The average molecular weight is 394 g/mol. The Bertz CT molecular complexity index is 984. The number of sulfonamides is 1. The molecule has 1 aliphatic heterocycles. The number of benzene rings is 2. The number of piperazine rings is 1. The smallest absolute Gasteiger partial charge is 0.254 e. The van der Waals surface area contributed by atoms with Crippen LogP contribution in [0.2, 0.25) is 0 Å². The first-order chi connectivity index (χ1) is 12.7. The molecule has 8 heteroatoms. The van der Waals surface area contributed by atoms with Gasteiger partial charge in [-0.3, -0.25) is 4.79 Å². The van der Waals surface area contributed by atoms with Crippen molar-refractivity contribution in [3.8, 4) is 0 Å². The summed E-state index contributed by atoms with van der Waals surface area (Å²) in [4.78, 5) is 13.6. The zero-order valence-electron chi connectivity index (χ0n) is 15.1. The van der Waals surface area contributed by atoms with Crippen molar-refractivity contribution in [2.24, 2.45) is 0 Å². The predicted molar refractivity (Wildman–Crippen MR) is 96.9 cm³/mol. The minimum absolute atomic E-state index is 0.0228. The largest absolute Gasteiger partial charge is 0.336 e. The fourth-order valence-electron chi connectivity index (χ4n) is 3.17. The van der Waals surface area contributed by atoms with Crippen LogP contribution in [0.25, 0.3) is 0 Å². The Kier molecular flexibility index (Phi) is 5.30. The van der Waals surface area contributed by atoms with E-state index in [9.17, 15) is 22.0 Å². The summed E-state index contributed by atoms with van der Waals surface area (Å²) < 4.78 is 53.6. The maximum atomic E-state index is 13.9. The maximum Gasteiger partial charge on any atom is 0.254 e. The summed E-state index contributed by atoms with van der Waals surface area (Å²) in [6.07, 6.45) is 0. The third-order valence-electron chi connectivity index (χ3n) is 4.65. The lowest BCUT2D eigenvalue weighted by Crippen LogP contribution is -2.50. The molecule has 0 N–H and O–H groups in total. The number of amides is 1. The van der Waals surface area contributed by atoms with Gasteiger partial charge < -0.3 is 4.90 Å². The number of nitrogens with zero attached hydrogens (tertiary/aromatic N) is 2. The van der Waals surface area contributed by atoms with Gasteiger partial charge in [-0.2, -0.15) is 4.31 Å². The van der Waals surface area contributed by atoms with Gasteiger partial charge in [0, 0.05) is 31.7 Å². The van der Waals surface area contributed by atoms with Gasteiger partial charge in [0.1, 0.15) is 16.5 Å². The molecule has 1 amide bonds. The van der Waals surface area contributed by atoms with Crippen molar-refractivity contribution in [1.82, 2.24) is 9.21 Å². The van der Waals surface area contributed by atoms with Crippen LogP contribution in [0, 0.1) is 25.5 Å². The second-order valence-corrected chi connectivity index (χ2v) is 8.50. The summed E-state index contributed by atoms with van der Waals surface area (Å²) in [6.45, 7) is 4.21. The van der Waals surface area contributed by atoms with Crippen molar-refractivity contribution in [1.29, 1.82) is 0 Å². The summed E-state index contributed by atoms with van der Waals surface area (Å²) in [7, 11) is -4.16. The molecule has 1 heterocycles. The highest BCUT2D eigenvalue weighted by molar-refractivity contribution is 7.89. The van der Waals surface area contributed by atoms with E-state index in [2.05, 4.69) is 0 Å². The Balaban J connectivity index is 1.75. The Morgan fingerprint density at radius 3 is 2.26 bits per heavy atom. The number of hydrogen-bond donors (Lipinski definition) is 0. The second kappa shape index (κ2) is 7.36. The van der Waals surface area contributed by atoms with Crippen LogP contribution < -0.4 is 0 Å². The van der Waals surface area contributed by atoms with Crippen LogP contribution in [0.1, 0.15) is 21.5 Å². The molecule has 0 unspecified atom stereocenters. The molecule has 2 aromatic rings. The van der Waals surface area contributed by atoms with E-state index >= 15 is 0 Å². The molecule has 1 fully saturated rings. The van der Waals surface area contributed by atoms with Crippen LogP contribution in [0.15, 0.2) is 41.3 Å². The first-order valence-corrected chi connectivity index (χ1v) is 9.96. The molecule has 0 saturated carbocycles. The van der Waals surface area contributed by atoms with Crippen molar-refractivity contribution >= 4 is 15.9 Å². The molecular weight excluding hydrogens is 374 g/mol. The van der Waals surface area contributed by atoms with E-state index in [1.807, 2.05) is 26.0 Å². The Morgan fingerprint density at radius 2 is 1.63 bits per heavy atom. The van der Waals surface area contributed by atoms with Gasteiger partial charge in [0.2, 0.25) is 10.0 Å². The molecule has 0 aromatic heterocycles. The summed E-state index contributed by atoms with van der Waals surface area (Å²) in [5.41, 5.74) is 2.49. The van der Waals surface area contributed by atoms with Gasteiger partial charge in [0.15, 0.2) is 0 Å². The highest BCUT2D eigenvalue weighted by Gasteiger charge is 2.32. The molecule has 27 heavy (non-hydrogen) atoms. The van der Waals surface area contributed by atoms with Crippen molar-refractivity contribution < 1.29 is 22.0 Å². The average Bonchev–Trinajstić information content (AvgIpc) is 2.63. The van der Waals surface area contributed by atoms with E-state index in [0.717, 1.165) is 27.6 Å². The molecule has 0 atom stereocenters. The highest BCUT2D eigenvalue weighted by atomic mass is 32.2. The first kappa shape index (κ1) is 19.4. The van der Waals surface area contributed by atoms with Gasteiger partial charge in [-0.1, -0.05) is 17.7 Å². The molecule has 2 aromatic carbocycles. The molecule has 5 nitrogen and oxygen atoms in total. The van der Waals surface area contributed by atoms with E-state index in [1.165, 1.54) is 0 Å². The molecule has 3 rings (SSSR count). The van der Waals surface area contributed by atoms with Crippen molar-refractivity contribution in [3.05, 3.63) is 64.7 Å². The topological polar surface area (TPSA) is 57.7 Å². The number of carbonyl (C=O) groups excluding carboxylic acids is 1. The molecule has 0 aliphatic carbocycles. The summed E-state index contributed by atoms with van der Waals surface area (Å²) in [6, 6.07) is 7.88. The number of hydrogen-bond acceptors (Lipinski definition) is 3. The van der Waals surface area contributed by atoms with Crippen LogP contribution in [-0.4, -0.2) is 49.7 Å². The van der Waals surface area contributed by atoms with Crippen LogP contribution in [0.3, 0.4) is 0 Å². The Morgan fingerprint density at radius 1 is 0.963 bits per heavy atom. The lowest BCUT2D eigenvalue weighted by atomic mass is 10.0. The number of aryl methyl sites for hydroxylation is 2. The number of halogens is 2. The van der Waals surface area contributed by atoms with E-state index in [0.29, 0.717) is 11.6 Å². The van der Waals surface area contributed by atoms with Gasteiger partial charge in [-0.15, -0.1) is 0 Å². The van der Waals surface area contributed by atoms with Crippen LogP contribution in [-0.2, 0) is 10.0 Å². The first-order valence-electron chi connectivity index (χ1n) is 8.52. The molecule has 0 bridgehead atoms. The summed E-state index contributed by atoms with van der Waals surface area (Å²) in [5, 5.41) is 0. The van der Waals surface area contributed by atoms with Gasteiger partial charge in [-0.05, 0) is 43.7 Å². The van der Waals surface area contributed by atoms with E-state index in [1.54, 1.807) is 11.0 Å². The van der Waals surface area contributed by atoms with Crippen LogP contribution >= 0.6 is 0 Å². The van der Waals surface area contributed by atoms with Gasteiger partial charge in [0.25, 0.3) is 5.91 Å². The number of rotatable bonds is 3.